The van der Waals surface area contributed by atoms with Crippen molar-refractivity contribution in [1.29, 1.82) is 0 Å². The molecule has 1 fully saturated rings. The zero-order chi connectivity index (χ0) is 14.0. The summed E-state index contributed by atoms with van der Waals surface area (Å²) in [4.78, 5) is 8.37. The molecule has 1 atom stereocenters. The van der Waals surface area contributed by atoms with Gasteiger partial charge >= 0.3 is 0 Å². The minimum Gasteiger partial charge on any atom is -0.261 e. The van der Waals surface area contributed by atoms with Gasteiger partial charge in [0.15, 0.2) is 0 Å². The van der Waals surface area contributed by atoms with Crippen LogP contribution in [0.3, 0.4) is 0 Å². The lowest BCUT2D eigenvalue weighted by atomic mass is 9.96. The molecule has 2 aromatic rings. The Labute approximate surface area is 122 Å². The third kappa shape index (κ3) is 2.61. The van der Waals surface area contributed by atoms with E-state index in [0.717, 1.165) is 18.5 Å². The first-order valence-electron chi connectivity index (χ1n) is 6.47. The number of aromatic nitrogens is 2. The maximum Gasteiger partial charge on any atom is 0.252 e. The number of thiophene rings is 1. The maximum absolute atomic E-state index is 12.5. The summed E-state index contributed by atoms with van der Waals surface area (Å²) in [5.74, 6) is 0.132. The highest BCUT2D eigenvalue weighted by Crippen LogP contribution is 2.30. The first kappa shape index (κ1) is 13.7. The number of rotatable bonds is 3. The van der Waals surface area contributed by atoms with Gasteiger partial charge in [0.1, 0.15) is 4.21 Å². The molecule has 5 nitrogen and oxygen atoms in total. The fourth-order valence-corrected chi connectivity index (χ4v) is 5.13. The number of piperidine rings is 1. The fourth-order valence-electron chi connectivity index (χ4n) is 2.46. The molecule has 20 heavy (non-hydrogen) atoms. The lowest BCUT2D eigenvalue weighted by molar-refractivity contribution is 0.313. The van der Waals surface area contributed by atoms with E-state index < -0.39 is 10.0 Å². The summed E-state index contributed by atoms with van der Waals surface area (Å²) in [6.45, 7) is 1.07. The van der Waals surface area contributed by atoms with Crippen molar-refractivity contribution in [2.24, 2.45) is 0 Å². The third-order valence-corrected chi connectivity index (χ3v) is 6.71. The Morgan fingerprint density at radius 1 is 1.35 bits per heavy atom. The molecular formula is C13H15N3O2S2. The van der Waals surface area contributed by atoms with Crippen LogP contribution in [-0.4, -0.2) is 35.8 Å². The van der Waals surface area contributed by atoms with Crippen LogP contribution in [0.1, 0.15) is 24.5 Å². The van der Waals surface area contributed by atoms with E-state index in [1.54, 1.807) is 40.4 Å². The molecule has 106 valence electrons. The normalized spacial score (nSPS) is 20.9. The van der Waals surface area contributed by atoms with Crippen molar-refractivity contribution in [3.63, 3.8) is 0 Å². The smallest absolute Gasteiger partial charge is 0.252 e. The molecule has 0 radical (unpaired) electrons. The summed E-state index contributed by atoms with van der Waals surface area (Å²) in [7, 11) is -3.36. The van der Waals surface area contributed by atoms with Crippen LogP contribution in [0.2, 0.25) is 0 Å². The molecule has 0 aliphatic carbocycles. The second kappa shape index (κ2) is 5.59. The van der Waals surface area contributed by atoms with Gasteiger partial charge in [-0.15, -0.1) is 11.3 Å². The number of sulfonamides is 1. The van der Waals surface area contributed by atoms with E-state index in [-0.39, 0.29) is 5.92 Å². The topological polar surface area (TPSA) is 63.2 Å². The molecule has 3 heterocycles. The van der Waals surface area contributed by atoms with Gasteiger partial charge in [-0.25, -0.2) is 8.42 Å². The molecule has 0 aromatic carbocycles. The molecule has 0 bridgehead atoms. The molecule has 2 aromatic heterocycles. The summed E-state index contributed by atoms with van der Waals surface area (Å²) < 4.78 is 27.0. The summed E-state index contributed by atoms with van der Waals surface area (Å²) in [6.07, 6.45) is 6.82. The van der Waals surface area contributed by atoms with Crippen LogP contribution in [0.4, 0.5) is 0 Å². The number of hydrogen-bond donors (Lipinski definition) is 0. The SMILES string of the molecule is O=S(=O)(c1cccs1)N1CCC[C@H](c2cnccn2)C1. The van der Waals surface area contributed by atoms with Crippen molar-refractivity contribution in [3.8, 4) is 0 Å². The van der Waals surface area contributed by atoms with Gasteiger partial charge in [0.25, 0.3) is 10.0 Å². The van der Waals surface area contributed by atoms with Crippen LogP contribution in [0.5, 0.6) is 0 Å². The van der Waals surface area contributed by atoms with E-state index in [9.17, 15) is 8.42 Å². The van der Waals surface area contributed by atoms with Crippen LogP contribution in [-0.2, 0) is 10.0 Å². The maximum atomic E-state index is 12.5. The highest BCUT2D eigenvalue weighted by molar-refractivity contribution is 7.91. The van der Waals surface area contributed by atoms with Gasteiger partial charge in [-0.05, 0) is 24.3 Å². The van der Waals surface area contributed by atoms with E-state index in [4.69, 9.17) is 0 Å². The third-order valence-electron chi connectivity index (χ3n) is 3.47. The number of hydrogen-bond acceptors (Lipinski definition) is 5. The highest BCUT2D eigenvalue weighted by Gasteiger charge is 2.31. The molecule has 3 rings (SSSR count). The molecule has 1 aliphatic heterocycles. The van der Waals surface area contributed by atoms with E-state index in [2.05, 4.69) is 9.97 Å². The van der Waals surface area contributed by atoms with Crippen LogP contribution >= 0.6 is 11.3 Å². The Morgan fingerprint density at radius 2 is 2.25 bits per heavy atom. The first-order valence-corrected chi connectivity index (χ1v) is 8.79. The standard InChI is InChI=1S/C13H15N3O2S2/c17-20(18,13-4-2-8-19-13)16-7-1-3-11(10-16)12-9-14-5-6-15-12/h2,4-6,8-9,11H,1,3,7,10H2/t11-/m0/s1. The van der Waals surface area contributed by atoms with E-state index in [1.165, 1.54) is 11.3 Å². The number of nitrogens with zero attached hydrogens (tertiary/aromatic N) is 3. The average molecular weight is 309 g/mol. The van der Waals surface area contributed by atoms with E-state index in [1.807, 2.05) is 0 Å². The van der Waals surface area contributed by atoms with Gasteiger partial charge in [0.05, 0.1) is 5.69 Å². The Hall–Kier alpha value is -1.31. The fraction of sp³-hybridized carbons (Fsp3) is 0.385. The van der Waals surface area contributed by atoms with Gasteiger partial charge in [0, 0.05) is 37.6 Å². The van der Waals surface area contributed by atoms with Crippen molar-refractivity contribution >= 4 is 21.4 Å². The van der Waals surface area contributed by atoms with Crippen LogP contribution in [0.25, 0.3) is 0 Å². The Kier molecular flexibility index (Phi) is 3.82. The molecule has 0 unspecified atom stereocenters. The second-order valence-electron chi connectivity index (χ2n) is 4.76. The summed E-state index contributed by atoms with van der Waals surface area (Å²) in [5, 5.41) is 1.79. The van der Waals surface area contributed by atoms with E-state index >= 15 is 0 Å². The van der Waals surface area contributed by atoms with Crippen LogP contribution in [0, 0.1) is 0 Å². The van der Waals surface area contributed by atoms with Gasteiger partial charge in [-0.2, -0.15) is 4.31 Å². The molecule has 0 N–H and O–H groups in total. The first-order chi connectivity index (χ1) is 9.68. The molecule has 7 heteroatoms. The average Bonchev–Trinajstić information content (AvgIpc) is 3.03. The summed E-state index contributed by atoms with van der Waals surface area (Å²) in [6, 6.07) is 3.42. The summed E-state index contributed by atoms with van der Waals surface area (Å²) in [5.41, 5.74) is 0.874. The predicted octanol–water partition coefficient (Wildman–Crippen LogP) is 2.11. The molecule has 1 aliphatic rings. The largest absolute Gasteiger partial charge is 0.261 e. The Morgan fingerprint density at radius 3 is 2.95 bits per heavy atom. The molecule has 0 saturated carbocycles. The van der Waals surface area contributed by atoms with Gasteiger partial charge < -0.3 is 0 Å². The van der Waals surface area contributed by atoms with Gasteiger partial charge in [-0.3, -0.25) is 9.97 Å². The zero-order valence-electron chi connectivity index (χ0n) is 10.8. The lowest BCUT2D eigenvalue weighted by Crippen LogP contribution is -2.39. The minimum absolute atomic E-state index is 0.132. The lowest BCUT2D eigenvalue weighted by Gasteiger charge is -2.31. The quantitative estimate of drug-likeness (QED) is 0.871. The Bertz CT molecular complexity index is 656. The molecular weight excluding hydrogens is 294 g/mol. The van der Waals surface area contributed by atoms with Crippen LogP contribution < -0.4 is 0 Å². The van der Waals surface area contributed by atoms with Crippen molar-refractivity contribution < 1.29 is 8.42 Å². The van der Waals surface area contributed by atoms with Crippen molar-refractivity contribution in [2.45, 2.75) is 23.0 Å². The van der Waals surface area contributed by atoms with Crippen LogP contribution in [0.15, 0.2) is 40.3 Å². The summed E-state index contributed by atoms with van der Waals surface area (Å²) >= 11 is 1.26. The zero-order valence-corrected chi connectivity index (χ0v) is 12.5. The predicted molar refractivity (Wildman–Crippen MR) is 77.1 cm³/mol. The Balaban J connectivity index is 1.83. The molecule has 0 spiro atoms. The van der Waals surface area contributed by atoms with Crippen molar-refractivity contribution in [1.82, 2.24) is 14.3 Å². The molecule has 0 amide bonds. The second-order valence-corrected chi connectivity index (χ2v) is 7.88. The van der Waals surface area contributed by atoms with Gasteiger partial charge in [-0.1, -0.05) is 6.07 Å². The van der Waals surface area contributed by atoms with Gasteiger partial charge in [0.2, 0.25) is 0 Å². The molecule has 1 saturated heterocycles. The van der Waals surface area contributed by atoms with Crippen molar-refractivity contribution in [3.05, 3.63) is 41.8 Å². The highest BCUT2D eigenvalue weighted by atomic mass is 32.2. The van der Waals surface area contributed by atoms with Crippen molar-refractivity contribution in [2.75, 3.05) is 13.1 Å². The van der Waals surface area contributed by atoms with E-state index in [0.29, 0.717) is 17.3 Å². The minimum atomic E-state index is -3.36. The monoisotopic (exact) mass is 309 g/mol.